The minimum atomic E-state index is -1.06. The average Bonchev–Trinajstić information content (AvgIpc) is 2.46. The minimum absolute atomic E-state index is 0.000802. The SMILES string of the molecule is Cc1cccc(C(=O)O)c1OCc1ccc([N+](=O)[O-])cc1. The summed E-state index contributed by atoms with van der Waals surface area (Å²) in [5.41, 5.74) is 1.54. The number of ether oxygens (including phenoxy) is 1. The normalized spacial score (nSPS) is 10.1. The number of hydrogen-bond acceptors (Lipinski definition) is 4. The van der Waals surface area contributed by atoms with Crippen LogP contribution in [-0.4, -0.2) is 16.0 Å². The van der Waals surface area contributed by atoms with Crippen molar-refractivity contribution in [2.24, 2.45) is 0 Å². The van der Waals surface area contributed by atoms with Crippen LogP contribution < -0.4 is 4.74 Å². The number of hydrogen-bond donors (Lipinski definition) is 1. The van der Waals surface area contributed by atoms with Crippen molar-refractivity contribution >= 4 is 11.7 Å². The van der Waals surface area contributed by atoms with E-state index in [1.807, 2.05) is 0 Å². The Hall–Kier alpha value is -2.89. The van der Waals surface area contributed by atoms with Crippen LogP contribution >= 0.6 is 0 Å². The molecule has 21 heavy (non-hydrogen) atoms. The third-order valence-corrected chi connectivity index (χ3v) is 2.97. The Morgan fingerprint density at radius 2 is 1.90 bits per heavy atom. The second-order valence-corrected chi connectivity index (χ2v) is 4.47. The van der Waals surface area contributed by atoms with E-state index in [2.05, 4.69) is 0 Å². The van der Waals surface area contributed by atoms with E-state index in [1.165, 1.54) is 18.2 Å². The van der Waals surface area contributed by atoms with Crippen molar-refractivity contribution in [1.82, 2.24) is 0 Å². The Morgan fingerprint density at radius 1 is 1.24 bits per heavy atom. The molecule has 0 aliphatic carbocycles. The van der Waals surface area contributed by atoms with Crippen LogP contribution in [0.4, 0.5) is 5.69 Å². The maximum Gasteiger partial charge on any atom is 0.339 e. The molecular weight excluding hydrogens is 274 g/mol. The number of non-ortho nitro benzene ring substituents is 1. The molecule has 0 fully saturated rings. The number of benzene rings is 2. The molecular formula is C15H13NO5. The van der Waals surface area contributed by atoms with Crippen LogP contribution in [0.2, 0.25) is 0 Å². The fraction of sp³-hybridized carbons (Fsp3) is 0.133. The second-order valence-electron chi connectivity index (χ2n) is 4.47. The molecule has 0 aliphatic rings. The number of carboxylic acid groups (broad SMARTS) is 1. The van der Waals surface area contributed by atoms with E-state index < -0.39 is 10.9 Å². The third-order valence-electron chi connectivity index (χ3n) is 2.97. The Labute approximate surface area is 120 Å². The van der Waals surface area contributed by atoms with E-state index in [1.54, 1.807) is 31.2 Å². The van der Waals surface area contributed by atoms with Gasteiger partial charge < -0.3 is 9.84 Å². The summed E-state index contributed by atoms with van der Waals surface area (Å²) in [7, 11) is 0. The summed E-state index contributed by atoms with van der Waals surface area (Å²) < 4.78 is 5.56. The molecule has 0 amide bonds. The van der Waals surface area contributed by atoms with E-state index in [0.29, 0.717) is 5.75 Å². The summed E-state index contributed by atoms with van der Waals surface area (Å²) in [6, 6.07) is 10.8. The number of para-hydroxylation sites is 1. The number of carboxylic acids is 1. The molecule has 0 unspecified atom stereocenters. The number of aromatic carboxylic acids is 1. The van der Waals surface area contributed by atoms with E-state index in [0.717, 1.165) is 11.1 Å². The molecule has 0 saturated carbocycles. The molecule has 0 aromatic heterocycles. The second kappa shape index (κ2) is 6.04. The molecule has 0 spiro atoms. The first-order chi connectivity index (χ1) is 9.99. The summed E-state index contributed by atoms with van der Waals surface area (Å²) in [5, 5.41) is 19.7. The summed E-state index contributed by atoms with van der Waals surface area (Å²) in [5.74, 6) is -0.749. The van der Waals surface area contributed by atoms with Crippen molar-refractivity contribution in [1.29, 1.82) is 0 Å². The minimum Gasteiger partial charge on any atom is -0.488 e. The molecule has 0 saturated heterocycles. The predicted octanol–water partition coefficient (Wildman–Crippen LogP) is 3.18. The first-order valence-corrected chi connectivity index (χ1v) is 6.18. The monoisotopic (exact) mass is 287 g/mol. The van der Waals surface area contributed by atoms with Gasteiger partial charge in [-0.3, -0.25) is 10.1 Å². The lowest BCUT2D eigenvalue weighted by atomic mass is 10.1. The Morgan fingerprint density at radius 3 is 2.48 bits per heavy atom. The maximum absolute atomic E-state index is 11.1. The van der Waals surface area contributed by atoms with Gasteiger partial charge in [0.05, 0.1) is 4.92 Å². The number of nitro groups is 1. The quantitative estimate of drug-likeness (QED) is 0.673. The largest absolute Gasteiger partial charge is 0.488 e. The Kier molecular flexibility index (Phi) is 4.18. The van der Waals surface area contributed by atoms with Gasteiger partial charge in [0.25, 0.3) is 5.69 Å². The van der Waals surface area contributed by atoms with Crippen molar-refractivity contribution in [3.8, 4) is 5.75 Å². The van der Waals surface area contributed by atoms with Crippen LogP contribution in [0.1, 0.15) is 21.5 Å². The molecule has 0 atom stereocenters. The van der Waals surface area contributed by atoms with Gasteiger partial charge in [0, 0.05) is 12.1 Å². The number of aryl methyl sites for hydroxylation is 1. The van der Waals surface area contributed by atoms with Gasteiger partial charge in [-0.25, -0.2) is 4.79 Å². The highest BCUT2D eigenvalue weighted by Crippen LogP contribution is 2.24. The average molecular weight is 287 g/mol. The number of nitro benzene ring substituents is 1. The highest BCUT2D eigenvalue weighted by molar-refractivity contribution is 5.91. The first kappa shape index (κ1) is 14.5. The van der Waals surface area contributed by atoms with Crippen LogP contribution in [0.5, 0.6) is 5.75 Å². The zero-order valence-corrected chi connectivity index (χ0v) is 11.3. The van der Waals surface area contributed by atoms with E-state index >= 15 is 0 Å². The predicted molar refractivity (Wildman–Crippen MR) is 75.6 cm³/mol. The molecule has 2 rings (SSSR count). The third kappa shape index (κ3) is 3.36. The van der Waals surface area contributed by atoms with Gasteiger partial charge in [0.1, 0.15) is 17.9 Å². The van der Waals surface area contributed by atoms with Gasteiger partial charge in [0.15, 0.2) is 0 Å². The molecule has 6 nitrogen and oxygen atoms in total. The van der Waals surface area contributed by atoms with Gasteiger partial charge in [-0.1, -0.05) is 12.1 Å². The molecule has 0 aliphatic heterocycles. The van der Waals surface area contributed by atoms with Crippen LogP contribution in [0.15, 0.2) is 42.5 Å². The molecule has 1 N–H and O–H groups in total. The summed E-state index contributed by atoms with van der Waals surface area (Å²) in [4.78, 5) is 21.2. The van der Waals surface area contributed by atoms with Crippen molar-refractivity contribution in [3.63, 3.8) is 0 Å². The van der Waals surface area contributed by atoms with E-state index in [4.69, 9.17) is 9.84 Å². The summed E-state index contributed by atoms with van der Waals surface area (Å²) in [6.45, 7) is 1.90. The van der Waals surface area contributed by atoms with Gasteiger partial charge in [-0.05, 0) is 36.2 Å². The van der Waals surface area contributed by atoms with E-state index in [-0.39, 0.29) is 17.9 Å². The molecule has 108 valence electrons. The fourth-order valence-electron chi connectivity index (χ4n) is 1.88. The zero-order valence-electron chi connectivity index (χ0n) is 11.3. The Bertz CT molecular complexity index is 679. The highest BCUT2D eigenvalue weighted by Gasteiger charge is 2.13. The van der Waals surface area contributed by atoms with Gasteiger partial charge in [0.2, 0.25) is 0 Å². The maximum atomic E-state index is 11.1. The Balaban J connectivity index is 2.16. The van der Waals surface area contributed by atoms with Crippen molar-refractivity contribution in [2.45, 2.75) is 13.5 Å². The number of nitrogens with zero attached hydrogens (tertiary/aromatic N) is 1. The number of carbonyl (C=O) groups is 1. The van der Waals surface area contributed by atoms with Crippen LogP contribution in [-0.2, 0) is 6.61 Å². The van der Waals surface area contributed by atoms with Crippen LogP contribution in [0.3, 0.4) is 0 Å². The van der Waals surface area contributed by atoms with Crippen LogP contribution in [0, 0.1) is 17.0 Å². The molecule has 2 aromatic rings. The molecule has 6 heteroatoms. The lowest BCUT2D eigenvalue weighted by Crippen LogP contribution is -2.05. The summed E-state index contributed by atoms with van der Waals surface area (Å²) >= 11 is 0. The highest BCUT2D eigenvalue weighted by atomic mass is 16.6. The lowest BCUT2D eigenvalue weighted by molar-refractivity contribution is -0.384. The molecule has 0 heterocycles. The van der Waals surface area contributed by atoms with Gasteiger partial charge >= 0.3 is 5.97 Å². The topological polar surface area (TPSA) is 89.7 Å². The van der Waals surface area contributed by atoms with Gasteiger partial charge in [-0.2, -0.15) is 0 Å². The summed E-state index contributed by atoms with van der Waals surface area (Å²) in [6.07, 6.45) is 0. The molecule has 0 bridgehead atoms. The smallest absolute Gasteiger partial charge is 0.339 e. The number of rotatable bonds is 5. The molecule has 2 aromatic carbocycles. The lowest BCUT2D eigenvalue weighted by Gasteiger charge is -2.11. The standard InChI is InChI=1S/C15H13NO5/c1-10-3-2-4-13(15(17)18)14(10)21-9-11-5-7-12(8-6-11)16(19)20/h2-8H,9H2,1H3,(H,17,18). The van der Waals surface area contributed by atoms with Crippen molar-refractivity contribution in [3.05, 3.63) is 69.3 Å². The molecule has 0 radical (unpaired) electrons. The van der Waals surface area contributed by atoms with Gasteiger partial charge in [-0.15, -0.1) is 0 Å². The zero-order chi connectivity index (χ0) is 15.4. The first-order valence-electron chi connectivity index (χ1n) is 6.18. The fourth-order valence-corrected chi connectivity index (χ4v) is 1.88. The van der Waals surface area contributed by atoms with Crippen LogP contribution in [0.25, 0.3) is 0 Å². The van der Waals surface area contributed by atoms with Crippen molar-refractivity contribution < 1.29 is 19.6 Å². The van der Waals surface area contributed by atoms with Crippen molar-refractivity contribution in [2.75, 3.05) is 0 Å². The van der Waals surface area contributed by atoms with E-state index in [9.17, 15) is 14.9 Å².